The molecule has 0 bridgehead atoms. The van der Waals surface area contributed by atoms with Crippen LogP contribution in [0.15, 0.2) is 21.8 Å². The number of allylic oxidation sites excluding steroid dienone is 1. The Kier molecular flexibility index (Phi) is 3.36. The van der Waals surface area contributed by atoms with Crippen molar-refractivity contribution in [3.63, 3.8) is 0 Å². The Morgan fingerprint density at radius 3 is 2.81 bits per heavy atom. The van der Waals surface area contributed by atoms with Crippen molar-refractivity contribution in [3.8, 4) is 0 Å². The Hall–Kier alpha value is -0.800. The number of halogens is 1. The second-order valence-corrected chi connectivity index (χ2v) is 5.74. The molecule has 0 fully saturated rings. The highest BCUT2D eigenvalue weighted by Gasteiger charge is 2.22. The van der Waals surface area contributed by atoms with Gasteiger partial charge in [-0.05, 0) is 31.9 Å². The van der Waals surface area contributed by atoms with Gasteiger partial charge in [0, 0.05) is 9.75 Å². The lowest BCUT2D eigenvalue weighted by molar-refractivity contribution is 0.751. The number of hydrogen-bond acceptors (Lipinski definition) is 3. The van der Waals surface area contributed by atoms with Crippen LogP contribution in [0.25, 0.3) is 0 Å². The summed E-state index contributed by atoms with van der Waals surface area (Å²) in [5.74, 6) is 0. The van der Waals surface area contributed by atoms with E-state index in [0.717, 1.165) is 17.2 Å². The average Bonchev–Trinajstić information content (AvgIpc) is 2.58. The van der Waals surface area contributed by atoms with E-state index in [0.29, 0.717) is 0 Å². The number of rotatable bonds is 2. The van der Waals surface area contributed by atoms with E-state index in [1.807, 2.05) is 11.3 Å². The molecule has 2 rings (SSSR count). The van der Waals surface area contributed by atoms with E-state index in [1.165, 1.54) is 15.3 Å². The van der Waals surface area contributed by atoms with Gasteiger partial charge in [-0.2, -0.15) is 0 Å². The summed E-state index contributed by atoms with van der Waals surface area (Å²) in [4.78, 5) is 6.89. The van der Waals surface area contributed by atoms with Gasteiger partial charge in [0.25, 0.3) is 0 Å². The van der Waals surface area contributed by atoms with Gasteiger partial charge in [-0.1, -0.05) is 18.5 Å². The van der Waals surface area contributed by atoms with E-state index >= 15 is 0 Å². The summed E-state index contributed by atoms with van der Waals surface area (Å²) in [5.41, 5.74) is 2.25. The van der Waals surface area contributed by atoms with Crippen LogP contribution in [0.4, 0.5) is 0 Å². The maximum Gasteiger partial charge on any atom is 0.0911 e. The first-order valence-corrected chi connectivity index (χ1v) is 6.57. The van der Waals surface area contributed by atoms with Crippen LogP contribution < -0.4 is 5.32 Å². The van der Waals surface area contributed by atoms with Crippen molar-refractivity contribution >= 4 is 29.3 Å². The summed E-state index contributed by atoms with van der Waals surface area (Å²) in [6.07, 6.45) is 2.62. The molecule has 1 aromatic heterocycles. The Bertz CT molecular complexity index is 460. The first-order valence-electron chi connectivity index (χ1n) is 5.37. The van der Waals surface area contributed by atoms with Crippen molar-refractivity contribution in [3.05, 3.63) is 32.1 Å². The number of aryl methyl sites for hydroxylation is 2. The summed E-state index contributed by atoms with van der Waals surface area (Å²) in [6, 6.07) is 2.28. The zero-order valence-electron chi connectivity index (χ0n) is 9.67. The quantitative estimate of drug-likeness (QED) is 0.851. The lowest BCUT2D eigenvalue weighted by atomic mass is 10.0. The molecule has 1 N–H and O–H groups in total. The average molecular weight is 255 g/mol. The highest BCUT2D eigenvalue weighted by atomic mass is 35.5. The first kappa shape index (κ1) is 11.7. The molecule has 16 heavy (non-hydrogen) atoms. The van der Waals surface area contributed by atoms with Gasteiger partial charge in [0.05, 0.1) is 23.1 Å². The third-order valence-corrected chi connectivity index (χ3v) is 4.13. The Morgan fingerprint density at radius 2 is 2.25 bits per heavy atom. The number of nitrogens with zero attached hydrogens (tertiary/aromatic N) is 1. The van der Waals surface area contributed by atoms with Gasteiger partial charge >= 0.3 is 0 Å². The lowest BCUT2D eigenvalue weighted by Crippen LogP contribution is -2.24. The van der Waals surface area contributed by atoms with Gasteiger partial charge in [0.1, 0.15) is 0 Å². The fraction of sp³-hybridized carbons (Fsp3) is 0.417. The molecule has 0 spiro atoms. The van der Waals surface area contributed by atoms with Crippen LogP contribution in [0.5, 0.6) is 0 Å². The lowest BCUT2D eigenvalue weighted by Gasteiger charge is -2.21. The second-order valence-electron chi connectivity index (χ2n) is 3.87. The fourth-order valence-corrected chi connectivity index (χ4v) is 3.24. The summed E-state index contributed by atoms with van der Waals surface area (Å²) in [7, 11) is 0. The van der Waals surface area contributed by atoms with Gasteiger partial charge in [-0.15, -0.1) is 11.3 Å². The summed E-state index contributed by atoms with van der Waals surface area (Å²) in [5, 5.41) is 4.05. The largest absolute Gasteiger partial charge is 0.364 e. The van der Waals surface area contributed by atoms with Gasteiger partial charge in [-0.3, -0.25) is 0 Å². The molecule has 1 aromatic rings. The topological polar surface area (TPSA) is 24.4 Å². The molecule has 2 heterocycles. The Morgan fingerprint density at radius 1 is 1.50 bits per heavy atom. The van der Waals surface area contributed by atoms with Gasteiger partial charge in [-0.25, -0.2) is 4.99 Å². The van der Waals surface area contributed by atoms with Crippen molar-refractivity contribution < 1.29 is 0 Å². The van der Waals surface area contributed by atoms with Gasteiger partial charge < -0.3 is 5.32 Å². The third kappa shape index (κ3) is 2.02. The van der Waals surface area contributed by atoms with E-state index in [4.69, 9.17) is 11.6 Å². The van der Waals surface area contributed by atoms with E-state index < -0.39 is 0 Å². The number of hydrogen-bond donors (Lipinski definition) is 1. The fourth-order valence-electron chi connectivity index (χ4n) is 1.91. The van der Waals surface area contributed by atoms with Crippen LogP contribution >= 0.6 is 22.9 Å². The molecule has 1 atom stereocenters. The third-order valence-electron chi connectivity index (χ3n) is 2.72. The zero-order valence-corrected chi connectivity index (χ0v) is 11.2. The van der Waals surface area contributed by atoms with E-state index in [1.54, 1.807) is 6.34 Å². The van der Waals surface area contributed by atoms with Crippen molar-refractivity contribution in [2.75, 3.05) is 0 Å². The second kappa shape index (κ2) is 4.60. The SMILES string of the molecule is CCC1=C(Cl)C(c2cc(C)sc2C)NC=N1. The molecule has 1 aliphatic heterocycles. The maximum atomic E-state index is 6.37. The molecule has 0 saturated heterocycles. The minimum atomic E-state index is 0.0825. The van der Waals surface area contributed by atoms with E-state index in [-0.39, 0.29) is 6.04 Å². The number of aliphatic imine (C=N–C) groups is 1. The van der Waals surface area contributed by atoms with Gasteiger partial charge in [0.2, 0.25) is 0 Å². The number of thiophene rings is 1. The van der Waals surface area contributed by atoms with E-state index in [9.17, 15) is 0 Å². The molecule has 0 radical (unpaired) electrons. The smallest absolute Gasteiger partial charge is 0.0911 e. The van der Waals surface area contributed by atoms with Crippen LogP contribution in [-0.4, -0.2) is 6.34 Å². The van der Waals surface area contributed by atoms with Crippen molar-refractivity contribution in [2.45, 2.75) is 33.2 Å². The number of nitrogens with one attached hydrogen (secondary N) is 1. The molecule has 4 heteroatoms. The first-order chi connectivity index (χ1) is 7.63. The van der Waals surface area contributed by atoms with Crippen LogP contribution in [0.3, 0.4) is 0 Å². The molecular weight excluding hydrogens is 240 g/mol. The predicted octanol–water partition coefficient (Wildman–Crippen LogP) is 3.90. The predicted molar refractivity (Wildman–Crippen MR) is 71.3 cm³/mol. The van der Waals surface area contributed by atoms with Crippen molar-refractivity contribution in [1.29, 1.82) is 0 Å². The molecule has 0 aromatic carbocycles. The summed E-state index contributed by atoms with van der Waals surface area (Å²) in [6.45, 7) is 6.33. The molecule has 1 aliphatic rings. The zero-order chi connectivity index (χ0) is 11.7. The molecule has 1 unspecified atom stereocenters. The van der Waals surface area contributed by atoms with Crippen molar-refractivity contribution in [2.24, 2.45) is 4.99 Å². The molecule has 2 nitrogen and oxygen atoms in total. The maximum absolute atomic E-state index is 6.37. The normalized spacial score (nSPS) is 20.1. The van der Waals surface area contributed by atoms with Crippen LogP contribution in [-0.2, 0) is 0 Å². The standard InChI is InChI=1S/C12H15ClN2S/c1-4-10-11(13)12(15-6-14-10)9-5-7(2)16-8(9)3/h5-6,12H,4H2,1-3H3,(H,14,15). The monoisotopic (exact) mass is 254 g/mol. The Balaban J connectivity index is 2.39. The van der Waals surface area contributed by atoms with Crippen LogP contribution in [0, 0.1) is 13.8 Å². The molecule has 86 valence electrons. The molecule has 0 aliphatic carbocycles. The minimum absolute atomic E-state index is 0.0825. The molecular formula is C12H15ClN2S. The summed E-state index contributed by atoms with van der Waals surface area (Å²) < 4.78 is 0. The molecule has 0 amide bonds. The van der Waals surface area contributed by atoms with Crippen molar-refractivity contribution in [1.82, 2.24) is 5.32 Å². The van der Waals surface area contributed by atoms with Crippen LogP contribution in [0.2, 0.25) is 0 Å². The van der Waals surface area contributed by atoms with Gasteiger partial charge in [0.15, 0.2) is 0 Å². The highest BCUT2D eigenvalue weighted by molar-refractivity contribution is 7.12. The van der Waals surface area contributed by atoms with Crippen LogP contribution in [0.1, 0.15) is 34.7 Å². The Labute approximate surface area is 105 Å². The molecule has 0 saturated carbocycles. The van der Waals surface area contributed by atoms with E-state index in [2.05, 4.69) is 37.1 Å². The minimum Gasteiger partial charge on any atom is -0.364 e. The highest BCUT2D eigenvalue weighted by Crippen LogP contribution is 2.35. The summed E-state index contributed by atoms with van der Waals surface area (Å²) >= 11 is 8.18.